The zero-order valence-corrected chi connectivity index (χ0v) is 18.1. The lowest BCUT2D eigenvalue weighted by molar-refractivity contribution is -0.142. The molecule has 0 aliphatic carbocycles. The zero-order chi connectivity index (χ0) is 21.0. The van der Waals surface area contributed by atoms with Crippen LogP contribution in [0.4, 0.5) is 0 Å². The Kier molecular flexibility index (Phi) is 6.96. The molecular formula is C22H30ClN3O3. The highest BCUT2D eigenvalue weighted by atomic mass is 35.5. The first-order chi connectivity index (χ1) is 13.8. The van der Waals surface area contributed by atoms with E-state index in [4.69, 9.17) is 11.6 Å². The summed E-state index contributed by atoms with van der Waals surface area (Å²) in [5, 5.41) is 0.423. The van der Waals surface area contributed by atoms with Crippen LogP contribution in [0.5, 0.6) is 0 Å². The van der Waals surface area contributed by atoms with E-state index in [0.717, 1.165) is 25.7 Å². The first kappa shape index (κ1) is 21.8. The van der Waals surface area contributed by atoms with Gasteiger partial charge < -0.3 is 9.80 Å². The van der Waals surface area contributed by atoms with Gasteiger partial charge in [0.1, 0.15) is 0 Å². The van der Waals surface area contributed by atoms with Crippen molar-refractivity contribution in [1.82, 2.24) is 14.7 Å². The number of carbonyl (C=O) groups excluding carboxylic acids is 3. The molecule has 0 radical (unpaired) electrons. The van der Waals surface area contributed by atoms with E-state index < -0.39 is 5.41 Å². The average Bonchev–Trinajstić information content (AvgIpc) is 2.87. The predicted molar refractivity (Wildman–Crippen MR) is 113 cm³/mol. The number of hydrogen-bond donors (Lipinski definition) is 0. The highest BCUT2D eigenvalue weighted by molar-refractivity contribution is 6.32. The monoisotopic (exact) mass is 419 g/mol. The number of hydrogen-bond acceptors (Lipinski definition) is 4. The van der Waals surface area contributed by atoms with Gasteiger partial charge in [0.15, 0.2) is 0 Å². The number of rotatable bonds is 6. The maximum Gasteiger partial charge on any atom is 0.240 e. The molecule has 29 heavy (non-hydrogen) atoms. The average molecular weight is 420 g/mol. The van der Waals surface area contributed by atoms with Crippen molar-refractivity contribution in [3.63, 3.8) is 0 Å². The third kappa shape index (κ3) is 4.64. The molecule has 0 bridgehead atoms. The molecule has 0 aromatic heterocycles. The topological polar surface area (TPSA) is 60.9 Å². The Balaban J connectivity index is 1.93. The van der Waals surface area contributed by atoms with Crippen molar-refractivity contribution >= 4 is 29.3 Å². The summed E-state index contributed by atoms with van der Waals surface area (Å²) < 4.78 is 0. The van der Waals surface area contributed by atoms with Gasteiger partial charge in [0.25, 0.3) is 0 Å². The van der Waals surface area contributed by atoms with Gasteiger partial charge in [0.05, 0.1) is 5.41 Å². The highest BCUT2D eigenvalue weighted by Gasteiger charge is 2.54. The molecule has 0 N–H and O–H groups in total. The van der Waals surface area contributed by atoms with Gasteiger partial charge in [-0.2, -0.15) is 0 Å². The molecule has 0 saturated carbocycles. The summed E-state index contributed by atoms with van der Waals surface area (Å²) in [5.41, 5.74) is -0.638. The van der Waals surface area contributed by atoms with Crippen molar-refractivity contribution in [1.29, 1.82) is 0 Å². The molecular weight excluding hydrogens is 390 g/mol. The van der Waals surface area contributed by atoms with Crippen molar-refractivity contribution in [3.05, 3.63) is 34.9 Å². The van der Waals surface area contributed by atoms with Gasteiger partial charge in [-0.05, 0) is 38.6 Å². The molecule has 3 rings (SSSR count). The van der Waals surface area contributed by atoms with Gasteiger partial charge in [-0.1, -0.05) is 42.6 Å². The molecule has 2 heterocycles. The van der Waals surface area contributed by atoms with E-state index in [2.05, 4.69) is 0 Å². The van der Waals surface area contributed by atoms with Crippen LogP contribution in [0, 0.1) is 0 Å². The van der Waals surface area contributed by atoms with Crippen LogP contribution in [0.25, 0.3) is 0 Å². The maximum absolute atomic E-state index is 13.5. The molecule has 158 valence electrons. The van der Waals surface area contributed by atoms with Crippen LogP contribution in [0.2, 0.25) is 5.02 Å². The fraction of sp³-hybridized carbons (Fsp3) is 0.591. The van der Waals surface area contributed by atoms with Crippen molar-refractivity contribution < 1.29 is 14.4 Å². The van der Waals surface area contributed by atoms with Gasteiger partial charge in [-0.25, -0.2) is 0 Å². The minimum atomic E-state index is -1.22. The molecule has 2 aliphatic heterocycles. The van der Waals surface area contributed by atoms with Crippen LogP contribution in [0.3, 0.4) is 0 Å². The molecule has 7 heteroatoms. The van der Waals surface area contributed by atoms with Crippen LogP contribution in [0.1, 0.15) is 44.1 Å². The SMILES string of the molecule is CN(C)CCN1C(=O)C[C@](CC(=O)N2CCCCCC2)(c2ccccc2Cl)C1=O. The number of carbonyl (C=O) groups is 3. The van der Waals surface area contributed by atoms with Crippen molar-refractivity contribution in [2.75, 3.05) is 40.3 Å². The fourth-order valence-corrected chi connectivity index (χ4v) is 4.63. The van der Waals surface area contributed by atoms with Crippen LogP contribution in [-0.4, -0.2) is 72.7 Å². The molecule has 0 unspecified atom stereocenters. The van der Waals surface area contributed by atoms with Gasteiger partial charge in [-0.3, -0.25) is 19.3 Å². The van der Waals surface area contributed by atoms with Crippen molar-refractivity contribution in [2.24, 2.45) is 0 Å². The molecule has 1 atom stereocenters. The molecule has 6 nitrogen and oxygen atoms in total. The molecule has 0 spiro atoms. The summed E-state index contributed by atoms with van der Waals surface area (Å²) in [5.74, 6) is -0.608. The first-order valence-corrected chi connectivity index (χ1v) is 10.8. The Labute approximate surface area is 177 Å². The summed E-state index contributed by atoms with van der Waals surface area (Å²) in [6, 6.07) is 7.09. The summed E-state index contributed by atoms with van der Waals surface area (Å²) in [6.07, 6.45) is 4.17. The van der Waals surface area contributed by atoms with E-state index in [-0.39, 0.29) is 30.6 Å². The van der Waals surface area contributed by atoms with Crippen molar-refractivity contribution in [3.8, 4) is 0 Å². The number of benzene rings is 1. The van der Waals surface area contributed by atoms with Crippen LogP contribution in [0.15, 0.2) is 24.3 Å². The predicted octanol–water partition coefficient (Wildman–Crippen LogP) is 2.69. The quantitative estimate of drug-likeness (QED) is 0.665. The molecule has 2 fully saturated rings. The summed E-state index contributed by atoms with van der Waals surface area (Å²) >= 11 is 6.46. The van der Waals surface area contributed by atoms with Crippen LogP contribution < -0.4 is 0 Å². The molecule has 2 aliphatic rings. The van der Waals surface area contributed by atoms with Crippen molar-refractivity contribution in [2.45, 2.75) is 43.9 Å². The molecule has 3 amide bonds. The Hall–Kier alpha value is -1.92. The van der Waals surface area contributed by atoms with Gasteiger partial charge >= 0.3 is 0 Å². The number of nitrogens with zero attached hydrogens (tertiary/aromatic N) is 3. The largest absolute Gasteiger partial charge is 0.343 e. The summed E-state index contributed by atoms with van der Waals surface area (Å²) in [6.45, 7) is 2.32. The number of halogens is 1. The Morgan fingerprint density at radius 3 is 2.38 bits per heavy atom. The van der Waals surface area contributed by atoms with Gasteiger partial charge in [0, 0.05) is 44.0 Å². The Bertz CT molecular complexity index is 774. The number of amides is 3. The van der Waals surface area contributed by atoms with Crippen LogP contribution in [-0.2, 0) is 19.8 Å². The van der Waals surface area contributed by atoms with E-state index in [1.54, 1.807) is 24.3 Å². The minimum absolute atomic E-state index is 0.0113. The lowest BCUT2D eigenvalue weighted by atomic mass is 9.75. The first-order valence-electron chi connectivity index (χ1n) is 10.4. The second-order valence-corrected chi connectivity index (χ2v) is 8.77. The van der Waals surface area contributed by atoms with E-state index in [9.17, 15) is 14.4 Å². The lowest BCUT2D eigenvalue weighted by Crippen LogP contribution is -2.45. The fourth-order valence-electron chi connectivity index (χ4n) is 4.31. The lowest BCUT2D eigenvalue weighted by Gasteiger charge is -2.31. The maximum atomic E-state index is 13.5. The standard InChI is InChI=1S/C22H30ClN3O3/c1-24(2)13-14-26-20(28)16-22(21(26)29,17-9-5-6-10-18(17)23)15-19(27)25-11-7-3-4-8-12-25/h5-6,9-10H,3-4,7-8,11-16H2,1-2H3/t22-/m1/s1. The smallest absolute Gasteiger partial charge is 0.240 e. The third-order valence-corrected chi connectivity index (χ3v) is 6.31. The van der Waals surface area contributed by atoms with Crippen LogP contribution >= 0.6 is 11.6 Å². The van der Waals surface area contributed by atoms with Gasteiger partial charge in [-0.15, -0.1) is 0 Å². The van der Waals surface area contributed by atoms with E-state index >= 15 is 0 Å². The Morgan fingerprint density at radius 2 is 1.76 bits per heavy atom. The molecule has 1 aromatic carbocycles. The number of likely N-dealkylation sites (N-methyl/N-ethyl adjacent to an activating group) is 1. The normalized spacial score (nSPS) is 23.0. The van der Waals surface area contributed by atoms with Gasteiger partial charge in [0.2, 0.25) is 17.7 Å². The molecule has 2 saturated heterocycles. The highest BCUT2D eigenvalue weighted by Crippen LogP contribution is 2.43. The second-order valence-electron chi connectivity index (χ2n) is 8.36. The molecule has 1 aromatic rings. The van der Waals surface area contributed by atoms with E-state index in [1.165, 1.54) is 4.90 Å². The Morgan fingerprint density at radius 1 is 1.10 bits per heavy atom. The summed E-state index contributed by atoms with van der Waals surface area (Å²) in [4.78, 5) is 44.7. The van der Waals surface area contributed by atoms with E-state index in [1.807, 2.05) is 23.9 Å². The minimum Gasteiger partial charge on any atom is -0.343 e. The second kappa shape index (κ2) is 9.26. The summed E-state index contributed by atoms with van der Waals surface area (Å²) in [7, 11) is 3.80. The number of likely N-dealkylation sites (tertiary alicyclic amines) is 2. The third-order valence-electron chi connectivity index (χ3n) is 5.98. The zero-order valence-electron chi connectivity index (χ0n) is 17.3. The number of imide groups is 1. The van der Waals surface area contributed by atoms with E-state index in [0.29, 0.717) is 36.8 Å².